The van der Waals surface area contributed by atoms with E-state index in [0.717, 1.165) is 38.3 Å². The zero-order valence-electron chi connectivity index (χ0n) is 13.7. The Labute approximate surface area is 137 Å². The molecule has 126 valence electrons. The number of ether oxygens (including phenoxy) is 2. The molecule has 2 saturated heterocycles. The highest BCUT2D eigenvalue weighted by atomic mass is 16.5. The monoisotopic (exact) mass is 319 g/mol. The van der Waals surface area contributed by atoms with Gasteiger partial charge in [0.25, 0.3) is 0 Å². The van der Waals surface area contributed by atoms with Gasteiger partial charge in [0.1, 0.15) is 0 Å². The number of methoxy groups -OCH3 is 1. The summed E-state index contributed by atoms with van der Waals surface area (Å²) < 4.78 is 10.9. The van der Waals surface area contributed by atoms with Crippen molar-refractivity contribution in [2.45, 2.75) is 25.0 Å². The normalized spacial score (nSPS) is 24.7. The summed E-state index contributed by atoms with van der Waals surface area (Å²) in [5.41, 5.74) is 0.840. The lowest BCUT2D eigenvalue weighted by molar-refractivity contribution is -0.133. The quantitative estimate of drug-likeness (QED) is 0.718. The lowest BCUT2D eigenvalue weighted by Gasteiger charge is -2.37. The summed E-state index contributed by atoms with van der Waals surface area (Å²) in [5.74, 6) is 0.173. The van der Waals surface area contributed by atoms with Crippen molar-refractivity contribution in [1.82, 2.24) is 14.8 Å². The van der Waals surface area contributed by atoms with Crippen molar-refractivity contribution in [3.63, 3.8) is 0 Å². The highest BCUT2D eigenvalue weighted by molar-refractivity contribution is 5.78. The van der Waals surface area contributed by atoms with E-state index in [-0.39, 0.29) is 12.0 Å². The molecule has 0 radical (unpaired) electrons. The van der Waals surface area contributed by atoms with Crippen molar-refractivity contribution in [3.8, 4) is 0 Å². The summed E-state index contributed by atoms with van der Waals surface area (Å²) in [6, 6.07) is 6.12. The molecule has 0 saturated carbocycles. The van der Waals surface area contributed by atoms with Gasteiger partial charge >= 0.3 is 0 Å². The zero-order chi connectivity index (χ0) is 16.1. The van der Waals surface area contributed by atoms with Crippen molar-refractivity contribution in [1.29, 1.82) is 0 Å². The maximum absolute atomic E-state index is 12.5. The molecule has 1 aromatic rings. The van der Waals surface area contributed by atoms with Gasteiger partial charge in [-0.25, -0.2) is 0 Å². The fourth-order valence-electron chi connectivity index (χ4n) is 3.41. The van der Waals surface area contributed by atoms with Crippen LogP contribution in [-0.2, 0) is 20.7 Å². The van der Waals surface area contributed by atoms with E-state index in [9.17, 15) is 4.79 Å². The van der Waals surface area contributed by atoms with Crippen LogP contribution in [0.3, 0.4) is 0 Å². The van der Waals surface area contributed by atoms with Crippen LogP contribution >= 0.6 is 0 Å². The number of aromatic nitrogens is 1. The third kappa shape index (κ3) is 4.28. The summed E-state index contributed by atoms with van der Waals surface area (Å²) in [7, 11) is 1.69. The summed E-state index contributed by atoms with van der Waals surface area (Å²) in [4.78, 5) is 21.1. The molecule has 0 unspecified atom stereocenters. The molecule has 0 bridgehead atoms. The van der Waals surface area contributed by atoms with E-state index in [1.807, 2.05) is 23.1 Å². The van der Waals surface area contributed by atoms with Gasteiger partial charge in [-0.1, -0.05) is 6.07 Å². The maximum Gasteiger partial charge on any atom is 0.228 e. The van der Waals surface area contributed by atoms with Gasteiger partial charge in [0.2, 0.25) is 5.91 Å². The highest BCUT2D eigenvalue weighted by Crippen LogP contribution is 2.24. The van der Waals surface area contributed by atoms with Crippen LogP contribution in [0.4, 0.5) is 0 Å². The van der Waals surface area contributed by atoms with E-state index in [4.69, 9.17) is 9.47 Å². The fourth-order valence-corrected chi connectivity index (χ4v) is 3.41. The van der Waals surface area contributed by atoms with Crippen LogP contribution < -0.4 is 0 Å². The van der Waals surface area contributed by atoms with Gasteiger partial charge in [-0.3, -0.25) is 14.7 Å². The largest absolute Gasteiger partial charge is 0.382 e. The standard InChI is InChI=1S/C17H25N3O3/c1-22-8-9-23-16-11-15-12-20(7-6-19(15)13-16)17(21)10-14-4-2-3-5-18-14/h2-5,15-16H,6-13H2,1H3/t15-,16+/m0/s1. The van der Waals surface area contributed by atoms with E-state index in [1.54, 1.807) is 13.3 Å². The molecule has 2 atom stereocenters. The lowest BCUT2D eigenvalue weighted by atomic mass is 10.1. The van der Waals surface area contributed by atoms with E-state index >= 15 is 0 Å². The molecule has 6 nitrogen and oxygen atoms in total. The average molecular weight is 319 g/mol. The average Bonchev–Trinajstić information content (AvgIpc) is 2.98. The third-order valence-electron chi connectivity index (χ3n) is 4.63. The van der Waals surface area contributed by atoms with Crippen LogP contribution in [0.15, 0.2) is 24.4 Å². The van der Waals surface area contributed by atoms with Gasteiger partial charge < -0.3 is 14.4 Å². The molecule has 23 heavy (non-hydrogen) atoms. The van der Waals surface area contributed by atoms with E-state index in [2.05, 4.69) is 9.88 Å². The summed E-state index contributed by atoms with van der Waals surface area (Å²) in [6.07, 6.45) is 3.39. The fraction of sp³-hybridized carbons (Fsp3) is 0.647. The Hall–Kier alpha value is -1.50. The zero-order valence-corrected chi connectivity index (χ0v) is 13.7. The summed E-state index contributed by atoms with van der Waals surface area (Å²) in [5, 5.41) is 0. The van der Waals surface area contributed by atoms with Crippen LogP contribution in [0.2, 0.25) is 0 Å². The first-order valence-corrected chi connectivity index (χ1v) is 8.28. The van der Waals surface area contributed by atoms with E-state index < -0.39 is 0 Å². The van der Waals surface area contributed by atoms with Gasteiger partial charge in [-0.05, 0) is 18.6 Å². The first kappa shape index (κ1) is 16.4. The molecule has 0 aliphatic carbocycles. The second-order valence-electron chi connectivity index (χ2n) is 6.21. The summed E-state index contributed by atoms with van der Waals surface area (Å²) in [6.45, 7) is 4.78. The van der Waals surface area contributed by atoms with Crippen molar-refractivity contribution < 1.29 is 14.3 Å². The predicted molar refractivity (Wildman–Crippen MR) is 86.1 cm³/mol. The van der Waals surface area contributed by atoms with Crippen LogP contribution in [-0.4, -0.2) is 79.3 Å². The maximum atomic E-state index is 12.5. The smallest absolute Gasteiger partial charge is 0.228 e. The number of amides is 1. The molecular weight excluding hydrogens is 294 g/mol. The molecule has 2 fully saturated rings. The molecule has 1 amide bonds. The molecule has 2 aliphatic heterocycles. The summed E-state index contributed by atoms with van der Waals surface area (Å²) >= 11 is 0. The number of nitrogens with zero attached hydrogens (tertiary/aromatic N) is 3. The molecular formula is C17H25N3O3. The Bertz CT molecular complexity index is 511. The van der Waals surface area contributed by atoms with Crippen molar-refractivity contribution in [3.05, 3.63) is 30.1 Å². The van der Waals surface area contributed by atoms with E-state index in [1.165, 1.54) is 0 Å². The highest BCUT2D eigenvalue weighted by Gasteiger charge is 2.37. The van der Waals surface area contributed by atoms with Crippen LogP contribution in [0, 0.1) is 0 Å². The minimum atomic E-state index is 0.173. The number of hydrogen-bond acceptors (Lipinski definition) is 5. The number of piperazine rings is 1. The number of rotatable bonds is 6. The SMILES string of the molecule is COCCO[C@@H]1C[C@H]2CN(C(=O)Cc3ccccn3)CCN2C1. The molecule has 0 aromatic carbocycles. The Kier molecular flexibility index (Phi) is 5.59. The topological polar surface area (TPSA) is 54.9 Å². The Morgan fingerprint density at radius 1 is 1.30 bits per heavy atom. The first-order valence-electron chi connectivity index (χ1n) is 8.28. The van der Waals surface area contributed by atoms with Crippen LogP contribution in [0.25, 0.3) is 0 Å². The molecule has 0 spiro atoms. The molecule has 6 heteroatoms. The van der Waals surface area contributed by atoms with Crippen LogP contribution in [0.5, 0.6) is 0 Å². The number of carbonyl (C=O) groups excluding carboxylic acids is 1. The minimum absolute atomic E-state index is 0.173. The second kappa shape index (κ2) is 7.86. The molecule has 0 N–H and O–H groups in total. The Morgan fingerprint density at radius 3 is 3.00 bits per heavy atom. The first-order chi connectivity index (χ1) is 11.3. The molecule has 2 aliphatic rings. The Balaban J connectivity index is 1.48. The number of carbonyl (C=O) groups is 1. The number of pyridine rings is 1. The third-order valence-corrected chi connectivity index (χ3v) is 4.63. The Morgan fingerprint density at radius 2 is 2.22 bits per heavy atom. The number of hydrogen-bond donors (Lipinski definition) is 0. The van der Waals surface area contributed by atoms with E-state index in [0.29, 0.717) is 25.7 Å². The van der Waals surface area contributed by atoms with Gasteiger partial charge in [0.15, 0.2) is 0 Å². The van der Waals surface area contributed by atoms with Crippen molar-refractivity contribution >= 4 is 5.91 Å². The van der Waals surface area contributed by atoms with Gasteiger partial charge in [-0.2, -0.15) is 0 Å². The second-order valence-corrected chi connectivity index (χ2v) is 6.21. The minimum Gasteiger partial charge on any atom is -0.382 e. The molecule has 3 rings (SSSR count). The lowest BCUT2D eigenvalue weighted by Crippen LogP contribution is -2.52. The van der Waals surface area contributed by atoms with Gasteiger partial charge in [-0.15, -0.1) is 0 Å². The molecule has 3 heterocycles. The van der Waals surface area contributed by atoms with Crippen molar-refractivity contribution in [2.75, 3.05) is 46.5 Å². The van der Waals surface area contributed by atoms with Gasteiger partial charge in [0.05, 0.1) is 25.7 Å². The van der Waals surface area contributed by atoms with Crippen molar-refractivity contribution in [2.24, 2.45) is 0 Å². The predicted octanol–water partition coefficient (Wildman–Crippen LogP) is 0.572. The van der Waals surface area contributed by atoms with Crippen LogP contribution in [0.1, 0.15) is 12.1 Å². The van der Waals surface area contributed by atoms with Gasteiger partial charge in [0, 0.05) is 51.2 Å². The molecule has 1 aromatic heterocycles. The number of fused-ring (bicyclic) bond motifs is 1.